The fraction of sp³-hybridized carbons (Fsp3) is 0.333. The Balaban J connectivity index is 1.90. The van der Waals surface area contributed by atoms with Crippen LogP contribution < -0.4 is 10.2 Å². The number of hydrogen-bond acceptors (Lipinski definition) is 4. The number of carbonyl (C=O) groups excluding carboxylic acids is 2. The van der Waals surface area contributed by atoms with Gasteiger partial charge in [-0.05, 0) is 50.6 Å². The molecule has 1 unspecified atom stereocenters. The van der Waals surface area contributed by atoms with Crippen molar-refractivity contribution in [3.8, 4) is 0 Å². The minimum Gasteiger partial charge on any atom is -0.444 e. The van der Waals surface area contributed by atoms with Crippen LogP contribution in [0.1, 0.15) is 26.3 Å². The van der Waals surface area contributed by atoms with Gasteiger partial charge in [-0.3, -0.25) is 4.79 Å². The van der Waals surface area contributed by atoms with Gasteiger partial charge in [0.2, 0.25) is 0 Å². The SMILES string of the molecule is CC(C)(C)OC(=O)NC1CSc2ccccc2N(Cc2cc(F)cc(F)c2)C1=O. The molecule has 29 heavy (non-hydrogen) atoms. The molecular formula is C21H22F2N2O3S. The van der Waals surface area contributed by atoms with Gasteiger partial charge >= 0.3 is 6.09 Å². The Bertz CT molecular complexity index is 910. The van der Waals surface area contributed by atoms with Gasteiger partial charge in [0.05, 0.1) is 12.2 Å². The lowest BCUT2D eigenvalue weighted by Gasteiger charge is -2.27. The van der Waals surface area contributed by atoms with E-state index in [4.69, 9.17) is 4.74 Å². The third-order valence-corrected chi connectivity index (χ3v) is 5.24. The van der Waals surface area contributed by atoms with E-state index >= 15 is 0 Å². The fourth-order valence-electron chi connectivity index (χ4n) is 2.95. The number of thioether (sulfide) groups is 1. The molecular weight excluding hydrogens is 398 g/mol. The predicted molar refractivity (Wildman–Crippen MR) is 108 cm³/mol. The van der Waals surface area contributed by atoms with E-state index in [0.717, 1.165) is 11.0 Å². The molecule has 0 fully saturated rings. The summed E-state index contributed by atoms with van der Waals surface area (Å²) in [5.41, 5.74) is 0.237. The quantitative estimate of drug-likeness (QED) is 0.795. The summed E-state index contributed by atoms with van der Waals surface area (Å²) >= 11 is 1.42. The molecule has 8 heteroatoms. The van der Waals surface area contributed by atoms with Gasteiger partial charge in [0.15, 0.2) is 0 Å². The molecule has 1 aliphatic heterocycles. The van der Waals surface area contributed by atoms with Crippen LogP contribution in [0.3, 0.4) is 0 Å². The van der Waals surface area contributed by atoms with Crippen molar-refractivity contribution < 1.29 is 23.1 Å². The number of rotatable bonds is 3. The number of alkyl carbamates (subject to hydrolysis) is 1. The summed E-state index contributed by atoms with van der Waals surface area (Å²) in [6.07, 6.45) is -0.695. The molecule has 5 nitrogen and oxygen atoms in total. The first-order valence-corrected chi connectivity index (χ1v) is 10.1. The molecule has 1 aliphatic rings. The molecule has 2 aromatic rings. The van der Waals surface area contributed by atoms with E-state index in [1.807, 2.05) is 12.1 Å². The summed E-state index contributed by atoms with van der Waals surface area (Å²) in [4.78, 5) is 27.7. The van der Waals surface area contributed by atoms with E-state index in [1.54, 1.807) is 32.9 Å². The maximum atomic E-state index is 13.6. The maximum Gasteiger partial charge on any atom is 0.408 e. The second-order valence-corrected chi connectivity index (χ2v) is 8.74. The zero-order valence-electron chi connectivity index (χ0n) is 16.4. The van der Waals surface area contributed by atoms with Crippen LogP contribution >= 0.6 is 11.8 Å². The Morgan fingerprint density at radius 3 is 2.52 bits per heavy atom. The van der Waals surface area contributed by atoms with Crippen molar-refractivity contribution in [3.63, 3.8) is 0 Å². The normalized spacial score (nSPS) is 16.8. The van der Waals surface area contributed by atoms with Gasteiger partial charge in [-0.1, -0.05) is 12.1 Å². The molecule has 0 aromatic heterocycles. The van der Waals surface area contributed by atoms with Gasteiger partial charge in [-0.2, -0.15) is 0 Å². The topological polar surface area (TPSA) is 58.6 Å². The predicted octanol–water partition coefficient (Wildman–Crippen LogP) is 4.50. The van der Waals surface area contributed by atoms with E-state index in [-0.39, 0.29) is 12.5 Å². The lowest BCUT2D eigenvalue weighted by atomic mass is 10.1. The highest BCUT2D eigenvalue weighted by Crippen LogP contribution is 2.35. The lowest BCUT2D eigenvalue weighted by Crippen LogP contribution is -2.50. The summed E-state index contributed by atoms with van der Waals surface area (Å²) in [5.74, 6) is -1.50. The minimum absolute atomic E-state index is 0.0302. The van der Waals surface area contributed by atoms with E-state index in [2.05, 4.69) is 5.32 Å². The summed E-state index contributed by atoms with van der Waals surface area (Å²) in [6.45, 7) is 5.17. The number of fused-ring (bicyclic) bond motifs is 1. The molecule has 0 saturated heterocycles. The lowest BCUT2D eigenvalue weighted by molar-refractivity contribution is -0.120. The highest BCUT2D eigenvalue weighted by atomic mass is 32.2. The van der Waals surface area contributed by atoms with Crippen molar-refractivity contribution in [3.05, 3.63) is 59.7 Å². The molecule has 0 bridgehead atoms. The van der Waals surface area contributed by atoms with Gasteiger partial charge in [0.1, 0.15) is 23.3 Å². The number of halogens is 2. The number of benzene rings is 2. The van der Waals surface area contributed by atoms with Crippen LogP contribution in [0.25, 0.3) is 0 Å². The van der Waals surface area contributed by atoms with Crippen LogP contribution in [0.5, 0.6) is 0 Å². The van der Waals surface area contributed by atoms with Crippen LogP contribution in [0, 0.1) is 11.6 Å². The molecule has 0 spiro atoms. The summed E-state index contributed by atoms with van der Waals surface area (Å²) < 4.78 is 32.5. The molecule has 2 aromatic carbocycles. The third kappa shape index (κ3) is 5.47. The van der Waals surface area contributed by atoms with Gasteiger partial charge in [0, 0.05) is 16.7 Å². The smallest absolute Gasteiger partial charge is 0.408 e. The van der Waals surface area contributed by atoms with Crippen molar-refractivity contribution in [2.24, 2.45) is 0 Å². The number of carbonyl (C=O) groups is 2. The van der Waals surface area contributed by atoms with E-state index < -0.39 is 29.4 Å². The number of nitrogens with zero attached hydrogens (tertiary/aromatic N) is 1. The van der Waals surface area contributed by atoms with Crippen LogP contribution in [-0.4, -0.2) is 29.4 Å². The molecule has 0 radical (unpaired) electrons. The molecule has 0 aliphatic carbocycles. The van der Waals surface area contributed by atoms with Crippen LogP contribution in [-0.2, 0) is 16.1 Å². The number of para-hydroxylation sites is 1. The van der Waals surface area contributed by atoms with Crippen LogP contribution in [0.15, 0.2) is 47.4 Å². The molecule has 1 N–H and O–H groups in total. The molecule has 0 saturated carbocycles. The number of anilines is 1. The van der Waals surface area contributed by atoms with Gasteiger partial charge in [0.25, 0.3) is 5.91 Å². The Hall–Kier alpha value is -2.61. The molecule has 1 heterocycles. The van der Waals surface area contributed by atoms with Crippen LogP contribution in [0.2, 0.25) is 0 Å². The Morgan fingerprint density at radius 1 is 1.21 bits per heavy atom. The average Bonchev–Trinajstić information content (AvgIpc) is 2.72. The maximum absolute atomic E-state index is 13.6. The highest BCUT2D eigenvalue weighted by Gasteiger charge is 2.33. The largest absolute Gasteiger partial charge is 0.444 e. The first-order chi connectivity index (χ1) is 13.6. The van der Waals surface area contributed by atoms with E-state index in [0.29, 0.717) is 17.0 Å². The molecule has 1 atom stereocenters. The van der Waals surface area contributed by atoms with Gasteiger partial charge < -0.3 is 15.0 Å². The van der Waals surface area contributed by atoms with E-state index in [9.17, 15) is 18.4 Å². The van der Waals surface area contributed by atoms with Crippen molar-refractivity contribution in [2.45, 2.75) is 43.9 Å². The highest BCUT2D eigenvalue weighted by molar-refractivity contribution is 7.99. The van der Waals surface area contributed by atoms with Crippen molar-refractivity contribution in [1.82, 2.24) is 5.32 Å². The summed E-state index contributed by atoms with van der Waals surface area (Å²) in [6, 6.07) is 9.57. The van der Waals surface area contributed by atoms with Crippen molar-refractivity contribution in [2.75, 3.05) is 10.7 Å². The summed E-state index contributed by atoms with van der Waals surface area (Å²) in [5, 5.41) is 2.62. The number of hydrogen-bond donors (Lipinski definition) is 1. The van der Waals surface area contributed by atoms with Crippen molar-refractivity contribution >= 4 is 29.4 Å². The monoisotopic (exact) mass is 420 g/mol. The number of ether oxygens (including phenoxy) is 1. The molecule has 2 amide bonds. The third-order valence-electron chi connectivity index (χ3n) is 4.08. The second-order valence-electron chi connectivity index (χ2n) is 7.68. The number of nitrogens with one attached hydrogen (secondary N) is 1. The second kappa shape index (κ2) is 8.41. The molecule has 154 valence electrons. The molecule has 3 rings (SSSR count). The van der Waals surface area contributed by atoms with Crippen LogP contribution in [0.4, 0.5) is 19.3 Å². The standard InChI is InChI=1S/C21H22F2N2O3S/c1-21(2,3)28-20(27)24-16-12-29-18-7-5-4-6-17(18)25(19(16)26)11-13-8-14(22)10-15(23)9-13/h4-10,16H,11-12H2,1-3H3,(H,24,27). The van der Waals surface area contributed by atoms with Crippen molar-refractivity contribution in [1.29, 1.82) is 0 Å². The fourth-order valence-corrected chi connectivity index (χ4v) is 4.03. The van der Waals surface area contributed by atoms with Gasteiger partial charge in [-0.25, -0.2) is 13.6 Å². The number of amides is 2. The Morgan fingerprint density at radius 2 is 1.86 bits per heavy atom. The first-order valence-electron chi connectivity index (χ1n) is 9.10. The Kier molecular flexibility index (Phi) is 6.12. The Labute approximate surface area is 172 Å². The van der Waals surface area contributed by atoms with E-state index in [1.165, 1.54) is 28.8 Å². The average molecular weight is 420 g/mol. The summed E-state index contributed by atoms with van der Waals surface area (Å²) in [7, 11) is 0. The minimum atomic E-state index is -0.847. The van der Waals surface area contributed by atoms with Gasteiger partial charge in [-0.15, -0.1) is 11.8 Å². The zero-order valence-corrected chi connectivity index (χ0v) is 17.2. The zero-order chi connectivity index (χ0) is 21.2. The first kappa shape index (κ1) is 21.1.